The maximum absolute atomic E-state index is 14.7. The maximum atomic E-state index is 14.7. The van der Waals surface area contributed by atoms with Crippen molar-refractivity contribution in [2.45, 2.75) is 41.2 Å². The molecule has 1 N–H and O–H groups in total. The number of aliphatic hydroxyl groups is 1. The van der Waals surface area contributed by atoms with Gasteiger partial charge in [-0.3, -0.25) is 4.98 Å². The van der Waals surface area contributed by atoms with Crippen LogP contribution >= 0.6 is 0 Å². The van der Waals surface area contributed by atoms with Crippen molar-refractivity contribution >= 4 is 11.2 Å². The molecule has 0 radical (unpaired) electrons. The van der Waals surface area contributed by atoms with E-state index in [4.69, 9.17) is 4.74 Å². The molecule has 3 rings (SSSR count). The predicted molar refractivity (Wildman–Crippen MR) is 125 cm³/mol. The molecule has 0 spiro atoms. The predicted octanol–water partition coefficient (Wildman–Crippen LogP) is 5.36. The minimum atomic E-state index is -0.579. The summed E-state index contributed by atoms with van der Waals surface area (Å²) in [5.74, 6) is -0.315. The first kappa shape index (κ1) is 25.2. The molecule has 0 aromatic carbocycles. The highest BCUT2D eigenvalue weighted by Gasteiger charge is 2.19. The van der Waals surface area contributed by atoms with Crippen molar-refractivity contribution in [2.75, 3.05) is 7.11 Å². The lowest BCUT2D eigenvalue weighted by atomic mass is 10.2. The molecule has 0 aliphatic heterocycles. The maximum Gasteiger partial charge on any atom is 0.318 e. The number of allylic oxidation sites excluding steroid dienone is 5. The molecule has 0 aliphatic carbocycles. The number of aliphatic hydroxyl groups excluding tert-OH is 1. The van der Waals surface area contributed by atoms with Crippen LogP contribution in [-0.4, -0.2) is 36.7 Å². The zero-order valence-corrected chi connectivity index (χ0v) is 19.6. The van der Waals surface area contributed by atoms with E-state index >= 15 is 0 Å². The smallest absolute Gasteiger partial charge is 0.318 e. The summed E-state index contributed by atoms with van der Waals surface area (Å²) in [5, 5.41) is 19.0. The summed E-state index contributed by atoms with van der Waals surface area (Å²) < 4.78 is 21.6. The number of nitrogens with zero attached hydrogens (tertiary/aromatic N) is 6. The van der Waals surface area contributed by atoms with Crippen LogP contribution in [0.15, 0.2) is 53.8 Å². The Morgan fingerprint density at radius 2 is 2.00 bits per heavy atom. The second kappa shape index (κ2) is 11.5. The Hall–Kier alpha value is -4.06. The molecule has 3 aromatic heterocycles. The summed E-state index contributed by atoms with van der Waals surface area (Å²) in [5.41, 5.74) is 2.87. The number of nitriles is 1. The minimum absolute atomic E-state index is 0.0909. The van der Waals surface area contributed by atoms with Crippen molar-refractivity contribution in [3.05, 3.63) is 65.1 Å². The number of aryl methyl sites for hydroxylation is 1. The van der Waals surface area contributed by atoms with Gasteiger partial charge in [0.1, 0.15) is 29.0 Å². The van der Waals surface area contributed by atoms with E-state index < -0.39 is 5.83 Å². The molecule has 0 aliphatic rings. The first-order valence-corrected chi connectivity index (χ1v) is 10.4. The fourth-order valence-corrected chi connectivity index (χ4v) is 2.98. The van der Waals surface area contributed by atoms with E-state index in [1.807, 2.05) is 13.8 Å². The fraction of sp³-hybridized carbons (Fsp3) is 0.292. The highest BCUT2D eigenvalue weighted by Crippen LogP contribution is 2.28. The van der Waals surface area contributed by atoms with E-state index in [-0.39, 0.29) is 18.3 Å². The van der Waals surface area contributed by atoms with Gasteiger partial charge in [-0.25, -0.2) is 9.37 Å². The van der Waals surface area contributed by atoms with Crippen LogP contribution in [0.2, 0.25) is 0 Å². The summed E-state index contributed by atoms with van der Waals surface area (Å²) in [4.78, 5) is 17.4. The quantitative estimate of drug-likeness (QED) is 0.397. The number of imidazole rings is 1. The number of hydrogen-bond acceptors (Lipinski definition) is 7. The average Bonchev–Trinajstić information content (AvgIpc) is 3.19. The Labute approximate surface area is 192 Å². The molecule has 3 heterocycles. The fourth-order valence-electron chi connectivity index (χ4n) is 2.98. The standard InChI is InChI=1S/C22H21FN6O2.C2H6/c1-5-6-17(30)8-18(23)13(2)12-29-20(16-7-15(9-24)10-25-11-16)27-19-14(3)26-22(31-4)28-21(19)29;1-2/h5-8,10-11,30H,12H2,1-4H3;1-2H3/b6-5-,17-8+,18-13-;. The van der Waals surface area contributed by atoms with Gasteiger partial charge >= 0.3 is 6.01 Å². The highest BCUT2D eigenvalue weighted by molar-refractivity contribution is 5.79. The van der Waals surface area contributed by atoms with Crippen LogP contribution < -0.4 is 4.74 Å². The molecule has 0 bridgehead atoms. The molecule has 172 valence electrons. The molecule has 8 nitrogen and oxygen atoms in total. The molecule has 0 fully saturated rings. The third-order valence-electron chi connectivity index (χ3n) is 4.47. The van der Waals surface area contributed by atoms with E-state index in [0.29, 0.717) is 39.4 Å². The Morgan fingerprint density at radius 3 is 2.64 bits per heavy atom. The van der Waals surface area contributed by atoms with Gasteiger partial charge in [0.25, 0.3) is 0 Å². The summed E-state index contributed by atoms with van der Waals surface area (Å²) in [6.07, 6.45) is 7.07. The van der Waals surface area contributed by atoms with Gasteiger partial charge in [0.05, 0.1) is 18.4 Å². The third-order valence-corrected chi connectivity index (χ3v) is 4.47. The molecule has 0 saturated heterocycles. The van der Waals surface area contributed by atoms with E-state index in [2.05, 4.69) is 26.0 Å². The molecule has 3 aromatic rings. The van der Waals surface area contributed by atoms with Crippen molar-refractivity contribution in [1.29, 1.82) is 5.26 Å². The lowest BCUT2D eigenvalue weighted by Crippen LogP contribution is -2.05. The van der Waals surface area contributed by atoms with Crippen molar-refractivity contribution < 1.29 is 14.2 Å². The number of rotatable bonds is 6. The average molecular weight is 451 g/mol. The van der Waals surface area contributed by atoms with Gasteiger partial charge < -0.3 is 14.4 Å². The van der Waals surface area contributed by atoms with Crippen molar-refractivity contribution in [3.63, 3.8) is 0 Å². The van der Waals surface area contributed by atoms with Gasteiger partial charge in [0.15, 0.2) is 5.65 Å². The molecule has 9 heteroatoms. The summed E-state index contributed by atoms with van der Waals surface area (Å²) >= 11 is 0. The second-order valence-corrected chi connectivity index (χ2v) is 6.76. The molecular weight excluding hydrogens is 423 g/mol. The first-order valence-electron chi connectivity index (χ1n) is 10.4. The van der Waals surface area contributed by atoms with Crippen LogP contribution in [0.1, 0.15) is 39.0 Å². The Morgan fingerprint density at radius 1 is 1.27 bits per heavy atom. The van der Waals surface area contributed by atoms with Crippen LogP contribution in [-0.2, 0) is 6.54 Å². The van der Waals surface area contributed by atoms with Gasteiger partial charge in [0.2, 0.25) is 0 Å². The number of methoxy groups -OCH3 is 1. The third kappa shape index (κ3) is 5.80. The largest absolute Gasteiger partial charge is 0.508 e. The van der Waals surface area contributed by atoms with Gasteiger partial charge in [-0.05, 0) is 38.5 Å². The normalized spacial score (nSPS) is 12.2. The minimum Gasteiger partial charge on any atom is -0.508 e. The molecule has 0 unspecified atom stereocenters. The molecular formula is C24H27FN6O2. The lowest BCUT2D eigenvalue weighted by molar-refractivity contribution is 0.380. The zero-order valence-electron chi connectivity index (χ0n) is 19.6. The zero-order chi connectivity index (χ0) is 24.5. The number of hydrogen-bond donors (Lipinski definition) is 1. The highest BCUT2D eigenvalue weighted by atomic mass is 19.1. The molecule has 0 saturated carbocycles. The number of pyridine rings is 1. The van der Waals surface area contributed by atoms with Crippen LogP contribution in [0.5, 0.6) is 6.01 Å². The van der Waals surface area contributed by atoms with Crippen LogP contribution in [0.3, 0.4) is 0 Å². The second-order valence-electron chi connectivity index (χ2n) is 6.76. The van der Waals surface area contributed by atoms with E-state index in [9.17, 15) is 14.8 Å². The molecule has 0 atom stereocenters. The summed E-state index contributed by atoms with van der Waals surface area (Å²) in [6, 6.07) is 3.87. The van der Waals surface area contributed by atoms with Gasteiger partial charge in [-0.1, -0.05) is 19.9 Å². The number of ether oxygens (including phenoxy) is 1. The summed E-state index contributed by atoms with van der Waals surface area (Å²) in [6.45, 7) is 9.20. The first-order chi connectivity index (χ1) is 15.9. The Bertz CT molecular complexity index is 1270. The number of halogens is 1. The SMILES string of the molecule is CC.C\C=C/C(O)=C\C(F)=C(/C)Cn1c(-c2cncc(C#N)c2)nc2c(C)nc(OC)nc21. The van der Waals surface area contributed by atoms with E-state index in [1.165, 1.54) is 19.4 Å². The van der Waals surface area contributed by atoms with Gasteiger partial charge in [0, 0.05) is 30.6 Å². The monoisotopic (exact) mass is 450 g/mol. The van der Waals surface area contributed by atoms with Crippen molar-refractivity contribution in [2.24, 2.45) is 0 Å². The number of aromatic nitrogens is 5. The Balaban J connectivity index is 0.00000187. The van der Waals surface area contributed by atoms with Crippen LogP contribution in [0.25, 0.3) is 22.6 Å². The molecule has 33 heavy (non-hydrogen) atoms. The van der Waals surface area contributed by atoms with Crippen molar-refractivity contribution in [1.82, 2.24) is 24.5 Å². The van der Waals surface area contributed by atoms with Crippen LogP contribution in [0, 0.1) is 18.3 Å². The molecule has 0 amide bonds. The van der Waals surface area contributed by atoms with Gasteiger partial charge in [-0.15, -0.1) is 0 Å². The van der Waals surface area contributed by atoms with E-state index in [1.54, 1.807) is 43.7 Å². The Kier molecular flexibility index (Phi) is 8.80. The van der Waals surface area contributed by atoms with Crippen molar-refractivity contribution in [3.8, 4) is 23.5 Å². The lowest BCUT2D eigenvalue weighted by Gasteiger charge is -2.10. The number of fused-ring (bicyclic) bond motifs is 1. The van der Waals surface area contributed by atoms with Crippen LogP contribution in [0.4, 0.5) is 4.39 Å². The van der Waals surface area contributed by atoms with Gasteiger partial charge in [-0.2, -0.15) is 15.2 Å². The topological polar surface area (TPSA) is 110 Å². The summed E-state index contributed by atoms with van der Waals surface area (Å²) in [7, 11) is 1.46. The van der Waals surface area contributed by atoms with E-state index in [0.717, 1.165) is 6.08 Å².